The van der Waals surface area contributed by atoms with Crippen molar-refractivity contribution in [3.63, 3.8) is 0 Å². The highest BCUT2D eigenvalue weighted by Gasteiger charge is 2.88. The maximum atomic E-state index is 13.5. The van der Waals surface area contributed by atoms with Gasteiger partial charge in [0, 0.05) is 23.3 Å². The fourth-order valence-corrected chi connectivity index (χ4v) is 10.9. The summed E-state index contributed by atoms with van der Waals surface area (Å²) >= 11 is 0. The van der Waals surface area contributed by atoms with Crippen molar-refractivity contribution < 1.29 is 58.1 Å². The number of esters is 2. The predicted molar refractivity (Wildman–Crippen MR) is 157 cm³/mol. The Bertz CT molecular complexity index is 1410. The van der Waals surface area contributed by atoms with Crippen molar-refractivity contribution in [2.45, 2.75) is 122 Å². The number of cyclic esters (lactones) is 1. The molecule has 6 aliphatic rings. The molecule has 1 aromatic heterocycles. The summed E-state index contributed by atoms with van der Waals surface area (Å²) in [7, 11) is 0. The Morgan fingerprint density at radius 2 is 1.78 bits per heavy atom. The molecule has 2 saturated carbocycles. The lowest BCUT2D eigenvalue weighted by Gasteiger charge is -2.69. The number of hydrogen-bond acceptors (Lipinski definition) is 12. The van der Waals surface area contributed by atoms with E-state index < -0.39 is 101 Å². The number of carbonyl (C=O) groups excluding carboxylic acids is 2. The van der Waals surface area contributed by atoms with Gasteiger partial charge in [0.2, 0.25) is 0 Å². The SMILES string of the molecule is CC(=O)OC1CC2C(C)(C)C(OC3OC(CO)C(O)C(O)C3O)C=CC2(C)C2CCC3(C)C(c4ccoc4)OC(=O)C4OC43C12C. The van der Waals surface area contributed by atoms with Crippen LogP contribution in [0.2, 0.25) is 0 Å². The van der Waals surface area contributed by atoms with Gasteiger partial charge in [-0.15, -0.1) is 0 Å². The lowest BCUT2D eigenvalue weighted by Crippen LogP contribution is -2.73. The molecule has 1 spiro atoms. The molecule has 0 aromatic carbocycles. The molecule has 46 heavy (non-hydrogen) atoms. The van der Waals surface area contributed by atoms with E-state index in [-0.39, 0.29) is 11.8 Å². The summed E-state index contributed by atoms with van der Waals surface area (Å²) in [5.41, 5.74) is -2.62. The van der Waals surface area contributed by atoms with Gasteiger partial charge in [-0.2, -0.15) is 0 Å². The summed E-state index contributed by atoms with van der Waals surface area (Å²) in [6.07, 6.45) is -0.363. The van der Waals surface area contributed by atoms with E-state index in [1.54, 1.807) is 12.5 Å². The van der Waals surface area contributed by atoms with E-state index in [0.29, 0.717) is 12.8 Å². The van der Waals surface area contributed by atoms with Crippen molar-refractivity contribution in [1.29, 1.82) is 0 Å². The minimum atomic E-state index is -1.56. The van der Waals surface area contributed by atoms with Gasteiger partial charge in [0.15, 0.2) is 12.4 Å². The van der Waals surface area contributed by atoms with Crippen LogP contribution in [0.25, 0.3) is 0 Å². The fourth-order valence-electron chi connectivity index (χ4n) is 10.9. The van der Waals surface area contributed by atoms with Crippen LogP contribution in [0.4, 0.5) is 0 Å². The molecule has 0 amide bonds. The van der Waals surface area contributed by atoms with Gasteiger partial charge in [-0.25, -0.2) is 4.79 Å². The van der Waals surface area contributed by atoms with Crippen LogP contribution in [0.1, 0.15) is 72.5 Å². The highest BCUT2D eigenvalue weighted by molar-refractivity contribution is 5.82. The van der Waals surface area contributed by atoms with Gasteiger partial charge in [0.25, 0.3) is 0 Å². The van der Waals surface area contributed by atoms with E-state index >= 15 is 0 Å². The summed E-state index contributed by atoms with van der Waals surface area (Å²) < 4.78 is 36.3. The summed E-state index contributed by atoms with van der Waals surface area (Å²) in [5.74, 6) is -1.01. The monoisotopic (exact) mass is 646 g/mol. The summed E-state index contributed by atoms with van der Waals surface area (Å²) in [6.45, 7) is 11.4. The molecule has 12 nitrogen and oxygen atoms in total. The van der Waals surface area contributed by atoms with Gasteiger partial charge >= 0.3 is 11.9 Å². The molecule has 0 radical (unpaired) electrons. The normalized spacial score (nSPS) is 52.0. The highest BCUT2D eigenvalue weighted by Crippen LogP contribution is 2.80. The smallest absolute Gasteiger partial charge is 0.339 e. The lowest BCUT2D eigenvalue weighted by atomic mass is 9.35. The third-order valence-corrected chi connectivity index (χ3v) is 13.1. The fraction of sp³-hybridized carbons (Fsp3) is 0.765. The zero-order chi connectivity index (χ0) is 33.2. The van der Waals surface area contributed by atoms with Gasteiger partial charge in [-0.1, -0.05) is 46.8 Å². The van der Waals surface area contributed by atoms with Gasteiger partial charge in [-0.05, 0) is 48.0 Å². The lowest BCUT2D eigenvalue weighted by molar-refractivity contribution is -0.321. The number of aliphatic hydroxyl groups is 4. The molecule has 0 bridgehead atoms. The number of ether oxygens (including phenoxy) is 5. The minimum absolute atomic E-state index is 0.0687. The molecular formula is C34H46O12. The van der Waals surface area contributed by atoms with Crippen molar-refractivity contribution in [2.24, 2.45) is 33.5 Å². The van der Waals surface area contributed by atoms with Crippen molar-refractivity contribution in [1.82, 2.24) is 0 Å². The Morgan fingerprint density at radius 1 is 1.04 bits per heavy atom. The Balaban J connectivity index is 1.28. The zero-order valence-corrected chi connectivity index (χ0v) is 27.1. The first-order valence-electron chi connectivity index (χ1n) is 16.3. The van der Waals surface area contributed by atoms with Gasteiger partial charge in [0.1, 0.15) is 42.2 Å². The first-order valence-corrected chi connectivity index (χ1v) is 16.3. The molecule has 15 unspecified atom stereocenters. The maximum Gasteiger partial charge on any atom is 0.339 e. The molecule has 4 heterocycles. The van der Waals surface area contributed by atoms with Gasteiger partial charge < -0.3 is 48.5 Å². The first-order chi connectivity index (χ1) is 21.6. The Labute approximate surface area is 268 Å². The van der Waals surface area contributed by atoms with E-state index in [9.17, 15) is 30.0 Å². The molecule has 3 aliphatic carbocycles. The van der Waals surface area contributed by atoms with E-state index in [1.165, 1.54) is 6.92 Å². The molecule has 7 rings (SSSR count). The van der Waals surface area contributed by atoms with Crippen LogP contribution >= 0.6 is 0 Å². The number of furan rings is 1. The van der Waals surface area contributed by atoms with E-state index in [0.717, 1.165) is 12.0 Å². The number of allylic oxidation sites excluding steroid dienone is 1. The van der Waals surface area contributed by atoms with Crippen LogP contribution < -0.4 is 0 Å². The average molecular weight is 647 g/mol. The van der Waals surface area contributed by atoms with Crippen LogP contribution in [0.5, 0.6) is 0 Å². The van der Waals surface area contributed by atoms with Crippen LogP contribution in [0.15, 0.2) is 35.2 Å². The topological polar surface area (TPSA) is 178 Å². The molecule has 3 saturated heterocycles. The highest BCUT2D eigenvalue weighted by atomic mass is 16.7. The predicted octanol–water partition coefficient (Wildman–Crippen LogP) is 2.18. The van der Waals surface area contributed by atoms with Crippen molar-refractivity contribution >= 4 is 11.9 Å². The minimum Gasteiger partial charge on any atom is -0.472 e. The van der Waals surface area contributed by atoms with Gasteiger partial charge in [-0.3, -0.25) is 4.79 Å². The van der Waals surface area contributed by atoms with Crippen LogP contribution in [-0.4, -0.2) is 93.6 Å². The molecule has 4 N–H and O–H groups in total. The Hall–Kier alpha value is -2.32. The van der Waals surface area contributed by atoms with Gasteiger partial charge in [0.05, 0.1) is 25.2 Å². The Kier molecular flexibility index (Phi) is 7.25. The summed E-state index contributed by atoms with van der Waals surface area (Å²) in [6, 6.07) is 1.82. The second-order valence-corrected chi connectivity index (χ2v) is 15.6. The molecular weight excluding hydrogens is 600 g/mol. The standard InChI is InChI=1S/C34H46O12/c1-16(36)42-22-13-20-30(2,3)21(44-29-25(39)24(38)23(37)18(14-35)43-29)8-10-31(20,4)19-7-11-32(5)26(17-9-12-41-15-17)45-28(40)27-34(32,46-27)33(19,22)6/h8-10,12,15,18-27,29,35,37-39H,7,11,13-14H2,1-6H3. The molecule has 12 heteroatoms. The first kappa shape index (κ1) is 32.2. The van der Waals surface area contributed by atoms with Crippen molar-refractivity contribution in [3.05, 3.63) is 36.3 Å². The maximum absolute atomic E-state index is 13.5. The van der Waals surface area contributed by atoms with Crippen LogP contribution in [0.3, 0.4) is 0 Å². The Morgan fingerprint density at radius 3 is 2.43 bits per heavy atom. The zero-order valence-electron chi connectivity index (χ0n) is 27.1. The van der Waals surface area contributed by atoms with Crippen LogP contribution in [-0.2, 0) is 33.3 Å². The average Bonchev–Trinajstić information content (AvgIpc) is 3.57. The van der Waals surface area contributed by atoms with E-state index in [1.807, 2.05) is 12.1 Å². The third kappa shape index (κ3) is 3.98. The molecule has 5 fully saturated rings. The number of epoxide rings is 1. The molecule has 1 aromatic rings. The second-order valence-electron chi connectivity index (χ2n) is 15.6. The summed E-state index contributed by atoms with van der Waals surface area (Å²) in [5, 5.41) is 41.1. The van der Waals surface area contributed by atoms with E-state index in [2.05, 4.69) is 40.7 Å². The number of carbonyl (C=O) groups is 2. The van der Waals surface area contributed by atoms with Crippen molar-refractivity contribution in [3.8, 4) is 0 Å². The number of aliphatic hydroxyl groups excluding tert-OH is 4. The third-order valence-electron chi connectivity index (χ3n) is 13.1. The molecule has 3 aliphatic heterocycles. The second kappa shape index (κ2) is 10.3. The molecule has 15 atom stereocenters. The number of fused-ring (bicyclic) bond motifs is 3. The quantitative estimate of drug-likeness (QED) is 0.209. The van der Waals surface area contributed by atoms with Crippen molar-refractivity contribution in [2.75, 3.05) is 6.61 Å². The van der Waals surface area contributed by atoms with E-state index in [4.69, 9.17) is 28.1 Å². The number of rotatable bonds is 5. The number of hydrogen-bond donors (Lipinski definition) is 4. The largest absolute Gasteiger partial charge is 0.472 e. The summed E-state index contributed by atoms with van der Waals surface area (Å²) in [4.78, 5) is 26.3. The van der Waals surface area contributed by atoms with Crippen LogP contribution in [0, 0.1) is 33.5 Å². The molecule has 254 valence electrons.